The molecule has 0 fully saturated rings. The van der Waals surface area contributed by atoms with Gasteiger partial charge in [-0.1, -0.05) is 41.7 Å². The van der Waals surface area contributed by atoms with Crippen molar-refractivity contribution in [1.82, 2.24) is 10.2 Å². The molecule has 0 spiro atoms. The maximum atomic E-state index is 12.4. The fourth-order valence-electron chi connectivity index (χ4n) is 2.12. The quantitative estimate of drug-likeness (QED) is 0.783. The third kappa shape index (κ3) is 3.54. The van der Waals surface area contributed by atoms with E-state index >= 15 is 0 Å². The first-order valence-electron chi connectivity index (χ1n) is 6.75. The molecule has 1 heterocycles. The van der Waals surface area contributed by atoms with Crippen molar-refractivity contribution in [3.05, 3.63) is 47.5 Å². The highest BCUT2D eigenvalue weighted by molar-refractivity contribution is 7.92. The van der Waals surface area contributed by atoms with Crippen LogP contribution < -0.4 is 5.32 Å². The van der Waals surface area contributed by atoms with Gasteiger partial charge in [-0.3, -0.25) is 10.1 Å². The van der Waals surface area contributed by atoms with E-state index in [-0.39, 0.29) is 4.90 Å². The molecule has 23 heavy (non-hydrogen) atoms. The molecule has 0 unspecified atom stereocenters. The highest BCUT2D eigenvalue weighted by atomic mass is 32.2. The second kappa shape index (κ2) is 6.05. The van der Waals surface area contributed by atoms with Gasteiger partial charge in [-0.25, -0.2) is 8.42 Å². The fraction of sp³-hybridized carbons (Fsp3) is 0.133. The van der Waals surface area contributed by atoms with Crippen LogP contribution in [0.3, 0.4) is 0 Å². The summed E-state index contributed by atoms with van der Waals surface area (Å²) in [4.78, 5) is 12.0. The maximum absolute atomic E-state index is 12.4. The topological polar surface area (TPSA) is 89.0 Å². The lowest BCUT2D eigenvalue weighted by atomic mass is 10.1. The van der Waals surface area contributed by atoms with Crippen LogP contribution in [0.25, 0.3) is 10.8 Å². The van der Waals surface area contributed by atoms with Crippen LogP contribution in [0.4, 0.5) is 5.13 Å². The Bertz CT molecular complexity index is 980. The SMILES string of the molecule is Cc1nnc(NC(=O)CS(=O)(=O)c2ccc3ccccc3c2)s1. The van der Waals surface area contributed by atoms with Crippen molar-refractivity contribution in [2.75, 3.05) is 11.1 Å². The van der Waals surface area contributed by atoms with Gasteiger partial charge in [0.2, 0.25) is 11.0 Å². The minimum Gasteiger partial charge on any atom is -0.300 e. The molecule has 118 valence electrons. The molecular formula is C15H13N3O3S2. The van der Waals surface area contributed by atoms with Gasteiger partial charge in [0.15, 0.2) is 9.84 Å². The van der Waals surface area contributed by atoms with Gasteiger partial charge in [0.05, 0.1) is 4.90 Å². The summed E-state index contributed by atoms with van der Waals surface area (Å²) in [6.07, 6.45) is 0. The molecule has 3 rings (SSSR count). The van der Waals surface area contributed by atoms with Crippen molar-refractivity contribution in [2.45, 2.75) is 11.8 Å². The van der Waals surface area contributed by atoms with Gasteiger partial charge in [-0.05, 0) is 29.8 Å². The summed E-state index contributed by atoms with van der Waals surface area (Å²) in [6, 6.07) is 12.3. The molecule has 3 aromatic rings. The van der Waals surface area contributed by atoms with Gasteiger partial charge in [0, 0.05) is 0 Å². The molecule has 1 N–H and O–H groups in total. The van der Waals surface area contributed by atoms with Crippen LogP contribution in [0.15, 0.2) is 47.4 Å². The summed E-state index contributed by atoms with van der Waals surface area (Å²) in [7, 11) is -3.72. The Hall–Kier alpha value is -2.32. The molecule has 1 aromatic heterocycles. The molecule has 0 aliphatic heterocycles. The van der Waals surface area contributed by atoms with Gasteiger partial charge < -0.3 is 0 Å². The molecule has 0 saturated carbocycles. The van der Waals surface area contributed by atoms with E-state index in [1.165, 1.54) is 17.4 Å². The third-order valence-corrected chi connectivity index (χ3v) is 5.54. The van der Waals surface area contributed by atoms with E-state index < -0.39 is 21.5 Å². The van der Waals surface area contributed by atoms with E-state index in [9.17, 15) is 13.2 Å². The second-order valence-corrected chi connectivity index (χ2v) is 8.11. The molecule has 0 aliphatic carbocycles. The van der Waals surface area contributed by atoms with E-state index in [0.717, 1.165) is 10.8 Å². The van der Waals surface area contributed by atoms with Gasteiger partial charge in [0.25, 0.3) is 0 Å². The van der Waals surface area contributed by atoms with Crippen LogP contribution >= 0.6 is 11.3 Å². The lowest BCUT2D eigenvalue weighted by Gasteiger charge is -2.06. The minimum atomic E-state index is -3.72. The van der Waals surface area contributed by atoms with Crippen molar-refractivity contribution in [2.24, 2.45) is 0 Å². The predicted octanol–water partition coefficient (Wildman–Crippen LogP) is 2.41. The number of fused-ring (bicyclic) bond motifs is 1. The molecule has 6 nitrogen and oxygen atoms in total. The average Bonchev–Trinajstić information content (AvgIpc) is 2.91. The Morgan fingerprint density at radius 1 is 1.13 bits per heavy atom. The van der Waals surface area contributed by atoms with E-state index in [4.69, 9.17) is 0 Å². The number of hydrogen-bond acceptors (Lipinski definition) is 6. The van der Waals surface area contributed by atoms with Gasteiger partial charge in [0.1, 0.15) is 10.8 Å². The molecule has 0 atom stereocenters. The number of rotatable bonds is 4. The number of aromatic nitrogens is 2. The Labute approximate surface area is 137 Å². The first-order chi connectivity index (χ1) is 10.9. The highest BCUT2D eigenvalue weighted by Gasteiger charge is 2.20. The molecule has 0 bridgehead atoms. The monoisotopic (exact) mass is 347 g/mol. The van der Waals surface area contributed by atoms with Gasteiger partial charge >= 0.3 is 0 Å². The van der Waals surface area contributed by atoms with Crippen molar-refractivity contribution >= 4 is 43.0 Å². The number of anilines is 1. The number of nitrogens with zero attached hydrogens (tertiary/aromatic N) is 2. The summed E-state index contributed by atoms with van der Waals surface area (Å²) >= 11 is 1.19. The number of sulfone groups is 1. The van der Waals surface area contributed by atoms with E-state index in [0.29, 0.717) is 10.1 Å². The zero-order valence-electron chi connectivity index (χ0n) is 12.2. The summed E-state index contributed by atoms with van der Waals surface area (Å²) in [5.74, 6) is -1.27. The number of benzene rings is 2. The summed E-state index contributed by atoms with van der Waals surface area (Å²) in [5.41, 5.74) is 0. The Balaban J connectivity index is 1.80. The maximum Gasteiger partial charge on any atom is 0.241 e. The highest BCUT2D eigenvalue weighted by Crippen LogP contribution is 2.20. The van der Waals surface area contributed by atoms with Crippen molar-refractivity contribution in [1.29, 1.82) is 0 Å². The molecule has 1 amide bonds. The zero-order valence-corrected chi connectivity index (χ0v) is 13.8. The molecule has 0 saturated heterocycles. The van der Waals surface area contributed by atoms with Crippen LogP contribution in [0, 0.1) is 6.92 Å². The Kier molecular flexibility index (Phi) is 4.10. The summed E-state index contributed by atoms with van der Waals surface area (Å²) in [5, 5.41) is 12.7. The zero-order chi connectivity index (χ0) is 16.4. The molecule has 8 heteroatoms. The van der Waals surface area contributed by atoms with Crippen LogP contribution in [0.5, 0.6) is 0 Å². The number of aryl methyl sites for hydroxylation is 1. The third-order valence-electron chi connectivity index (χ3n) is 3.17. The molecule has 0 aliphatic rings. The van der Waals surface area contributed by atoms with Gasteiger partial charge in [-0.15, -0.1) is 10.2 Å². The first-order valence-corrected chi connectivity index (χ1v) is 9.22. The van der Waals surface area contributed by atoms with E-state index in [1.54, 1.807) is 19.1 Å². The smallest absolute Gasteiger partial charge is 0.241 e. The largest absolute Gasteiger partial charge is 0.300 e. The molecule has 2 aromatic carbocycles. The standard InChI is InChI=1S/C15H13N3O3S2/c1-10-17-18-15(22-10)16-14(19)9-23(20,21)13-7-6-11-4-2-3-5-12(11)8-13/h2-8H,9H2,1H3,(H,16,18,19). The first kappa shape index (κ1) is 15.6. The number of carbonyl (C=O) groups excluding carboxylic acids is 1. The van der Waals surface area contributed by atoms with E-state index in [1.807, 2.05) is 24.3 Å². The predicted molar refractivity (Wildman–Crippen MR) is 89.3 cm³/mol. The Morgan fingerprint density at radius 3 is 2.57 bits per heavy atom. The van der Waals surface area contributed by atoms with Crippen LogP contribution in [-0.2, 0) is 14.6 Å². The van der Waals surface area contributed by atoms with Crippen LogP contribution in [0.1, 0.15) is 5.01 Å². The normalized spacial score (nSPS) is 11.5. The summed E-state index contributed by atoms with van der Waals surface area (Å²) in [6.45, 7) is 1.75. The van der Waals surface area contributed by atoms with Crippen LogP contribution in [-0.4, -0.2) is 30.3 Å². The number of amides is 1. The van der Waals surface area contributed by atoms with Gasteiger partial charge in [-0.2, -0.15) is 0 Å². The van der Waals surface area contributed by atoms with Crippen LogP contribution in [0.2, 0.25) is 0 Å². The number of carbonyl (C=O) groups is 1. The fourth-order valence-corrected chi connectivity index (χ4v) is 3.89. The van der Waals surface area contributed by atoms with E-state index in [2.05, 4.69) is 15.5 Å². The number of nitrogens with one attached hydrogen (secondary N) is 1. The molecule has 0 radical (unpaired) electrons. The molecular weight excluding hydrogens is 334 g/mol. The lowest BCUT2D eigenvalue weighted by molar-refractivity contribution is -0.113. The summed E-state index contributed by atoms with van der Waals surface area (Å²) < 4.78 is 24.8. The minimum absolute atomic E-state index is 0.125. The van der Waals surface area contributed by atoms with Crippen molar-refractivity contribution in [3.8, 4) is 0 Å². The lowest BCUT2D eigenvalue weighted by Crippen LogP contribution is -2.23. The Morgan fingerprint density at radius 2 is 1.87 bits per heavy atom. The number of hydrogen-bond donors (Lipinski definition) is 1. The second-order valence-electron chi connectivity index (χ2n) is 4.94. The average molecular weight is 347 g/mol. The van der Waals surface area contributed by atoms with Crippen molar-refractivity contribution < 1.29 is 13.2 Å². The van der Waals surface area contributed by atoms with Crippen molar-refractivity contribution in [3.63, 3.8) is 0 Å².